The largest absolute Gasteiger partial charge is 0.318 e. The molecule has 0 unspecified atom stereocenters. The van der Waals surface area contributed by atoms with Gasteiger partial charge in [-0.1, -0.05) is 0 Å². The molecule has 0 spiro atoms. The number of hydrogen-bond acceptors (Lipinski definition) is 3. The van der Waals surface area contributed by atoms with Crippen LogP contribution in [0.2, 0.25) is 0 Å². The zero-order chi connectivity index (χ0) is 4.41. The third kappa shape index (κ3) is 0.518. The first kappa shape index (κ1) is 4.05. The minimum atomic E-state index is 0.688. The van der Waals surface area contributed by atoms with Gasteiger partial charge in [0.2, 0.25) is 0 Å². The average Bonchev–Trinajstić information content (AvgIpc) is 1.31. The Balaban J connectivity index is 2.01. The summed E-state index contributed by atoms with van der Waals surface area (Å²) in [5.74, 6) is 0. The first-order chi connectivity index (χ1) is 2.93. The summed E-state index contributed by atoms with van der Waals surface area (Å²) in [6.45, 7) is 2.62. The Bertz CT molecular complexity index is 38.5. The summed E-state index contributed by atoms with van der Waals surface area (Å²) >= 11 is 0. The standard InChI is InChI=1S/C3H9N3/c4-1-6-2-5-3-6/h5H,1-4H2. The zero-order valence-electron chi connectivity index (χ0n) is 3.65. The third-order valence-corrected chi connectivity index (χ3v) is 0.929. The van der Waals surface area contributed by atoms with E-state index in [-0.39, 0.29) is 0 Å². The highest BCUT2D eigenvalue weighted by Crippen LogP contribution is 1.85. The monoisotopic (exact) mass is 87.1 g/mol. The van der Waals surface area contributed by atoms with Crippen LogP contribution in [0.1, 0.15) is 0 Å². The van der Waals surface area contributed by atoms with E-state index in [0.717, 1.165) is 13.3 Å². The first-order valence-electron chi connectivity index (χ1n) is 2.06. The van der Waals surface area contributed by atoms with Gasteiger partial charge in [0.25, 0.3) is 0 Å². The molecule has 0 radical (unpaired) electrons. The molecular formula is C3H9N3. The van der Waals surface area contributed by atoms with Gasteiger partial charge in [-0.2, -0.15) is 0 Å². The lowest BCUT2D eigenvalue weighted by Crippen LogP contribution is -2.53. The smallest absolute Gasteiger partial charge is 0.0514 e. The van der Waals surface area contributed by atoms with E-state index < -0.39 is 0 Å². The molecule has 0 bridgehead atoms. The van der Waals surface area contributed by atoms with Crippen LogP contribution in [0.5, 0.6) is 0 Å². The van der Waals surface area contributed by atoms with Crippen molar-refractivity contribution >= 4 is 0 Å². The second kappa shape index (κ2) is 1.55. The van der Waals surface area contributed by atoms with E-state index in [1.807, 2.05) is 0 Å². The number of rotatable bonds is 1. The van der Waals surface area contributed by atoms with Crippen molar-refractivity contribution in [2.45, 2.75) is 0 Å². The Morgan fingerprint density at radius 1 is 1.67 bits per heavy atom. The maximum absolute atomic E-state index is 5.22. The van der Waals surface area contributed by atoms with Crippen LogP contribution in [0.15, 0.2) is 0 Å². The molecule has 0 aliphatic carbocycles. The third-order valence-electron chi connectivity index (χ3n) is 0.929. The van der Waals surface area contributed by atoms with Gasteiger partial charge in [-0.25, -0.2) is 0 Å². The van der Waals surface area contributed by atoms with Gasteiger partial charge in [-0.05, 0) is 0 Å². The Hall–Kier alpha value is -0.120. The highest BCUT2D eigenvalue weighted by molar-refractivity contribution is 4.58. The van der Waals surface area contributed by atoms with E-state index in [0.29, 0.717) is 6.67 Å². The number of hydrogen-bond donors (Lipinski definition) is 2. The van der Waals surface area contributed by atoms with Gasteiger partial charge in [0.05, 0.1) is 13.3 Å². The highest BCUT2D eigenvalue weighted by Gasteiger charge is 2.07. The molecule has 3 nitrogen and oxygen atoms in total. The molecule has 0 aromatic rings. The summed E-state index contributed by atoms with van der Waals surface area (Å²) in [6.07, 6.45) is 0. The second-order valence-corrected chi connectivity index (χ2v) is 1.42. The molecule has 1 heterocycles. The fourth-order valence-electron chi connectivity index (χ4n) is 0.399. The molecule has 1 aliphatic heterocycles. The normalized spacial score (nSPS) is 23.5. The molecule has 3 heteroatoms. The minimum Gasteiger partial charge on any atom is -0.318 e. The molecule has 1 saturated heterocycles. The van der Waals surface area contributed by atoms with Crippen molar-refractivity contribution in [3.05, 3.63) is 0 Å². The summed E-state index contributed by atoms with van der Waals surface area (Å²) < 4.78 is 0. The van der Waals surface area contributed by atoms with E-state index in [2.05, 4.69) is 10.2 Å². The van der Waals surface area contributed by atoms with Gasteiger partial charge in [0, 0.05) is 6.67 Å². The average molecular weight is 87.1 g/mol. The SMILES string of the molecule is NCN1CNC1. The minimum absolute atomic E-state index is 0.688. The van der Waals surface area contributed by atoms with Crippen molar-refractivity contribution in [3.8, 4) is 0 Å². The van der Waals surface area contributed by atoms with Crippen molar-refractivity contribution in [1.29, 1.82) is 0 Å². The molecule has 0 aromatic carbocycles. The van der Waals surface area contributed by atoms with E-state index >= 15 is 0 Å². The molecule has 36 valence electrons. The highest BCUT2D eigenvalue weighted by atomic mass is 15.4. The number of nitrogens with two attached hydrogens (primary N) is 1. The summed E-state index contributed by atoms with van der Waals surface area (Å²) in [5.41, 5.74) is 5.22. The van der Waals surface area contributed by atoms with E-state index in [9.17, 15) is 0 Å². The van der Waals surface area contributed by atoms with Gasteiger partial charge < -0.3 is 5.73 Å². The number of nitrogens with one attached hydrogen (secondary N) is 1. The summed E-state index contributed by atoms with van der Waals surface area (Å²) in [4.78, 5) is 2.10. The lowest BCUT2D eigenvalue weighted by molar-refractivity contribution is 0.143. The van der Waals surface area contributed by atoms with E-state index in [1.165, 1.54) is 0 Å². The molecule has 0 atom stereocenters. The molecule has 1 fully saturated rings. The van der Waals surface area contributed by atoms with Crippen molar-refractivity contribution < 1.29 is 0 Å². The van der Waals surface area contributed by atoms with Crippen LogP contribution < -0.4 is 11.1 Å². The Morgan fingerprint density at radius 2 is 2.33 bits per heavy atom. The molecule has 0 aromatic heterocycles. The van der Waals surface area contributed by atoms with Crippen molar-refractivity contribution in [2.75, 3.05) is 20.0 Å². The summed E-state index contributed by atoms with van der Waals surface area (Å²) in [6, 6.07) is 0. The molecule has 0 saturated carbocycles. The first-order valence-corrected chi connectivity index (χ1v) is 2.06. The van der Waals surface area contributed by atoms with Gasteiger partial charge >= 0.3 is 0 Å². The number of nitrogens with zero attached hydrogens (tertiary/aromatic N) is 1. The predicted octanol–water partition coefficient (Wildman–Crippen LogP) is -1.28. The molecule has 1 rings (SSSR count). The maximum atomic E-state index is 5.22. The Labute approximate surface area is 37.1 Å². The van der Waals surface area contributed by atoms with Gasteiger partial charge in [0.1, 0.15) is 0 Å². The van der Waals surface area contributed by atoms with Crippen LogP contribution in [0.4, 0.5) is 0 Å². The molecule has 0 amide bonds. The van der Waals surface area contributed by atoms with Crippen LogP contribution in [-0.4, -0.2) is 24.9 Å². The lowest BCUT2D eigenvalue weighted by Gasteiger charge is -2.29. The topological polar surface area (TPSA) is 41.3 Å². The van der Waals surface area contributed by atoms with E-state index in [4.69, 9.17) is 5.73 Å². The molecule has 1 aliphatic rings. The summed E-state index contributed by atoms with van der Waals surface area (Å²) in [5, 5.41) is 3.06. The lowest BCUT2D eigenvalue weighted by atomic mass is 10.6. The maximum Gasteiger partial charge on any atom is 0.0514 e. The Kier molecular flexibility index (Phi) is 1.05. The molecular weight excluding hydrogens is 78.1 g/mol. The van der Waals surface area contributed by atoms with Crippen molar-refractivity contribution in [2.24, 2.45) is 5.73 Å². The Morgan fingerprint density at radius 3 is 2.33 bits per heavy atom. The fourth-order valence-corrected chi connectivity index (χ4v) is 0.399. The van der Waals surface area contributed by atoms with Crippen LogP contribution in [0, 0.1) is 0 Å². The predicted molar refractivity (Wildman–Crippen MR) is 23.8 cm³/mol. The molecule has 6 heavy (non-hydrogen) atoms. The quantitative estimate of drug-likeness (QED) is 0.418. The van der Waals surface area contributed by atoms with Crippen molar-refractivity contribution in [3.63, 3.8) is 0 Å². The van der Waals surface area contributed by atoms with Gasteiger partial charge in [0.15, 0.2) is 0 Å². The zero-order valence-corrected chi connectivity index (χ0v) is 3.65. The van der Waals surface area contributed by atoms with Gasteiger partial charge in [-0.3, -0.25) is 10.2 Å². The van der Waals surface area contributed by atoms with E-state index in [1.54, 1.807) is 0 Å². The van der Waals surface area contributed by atoms with Crippen molar-refractivity contribution in [1.82, 2.24) is 10.2 Å². The van der Waals surface area contributed by atoms with Crippen LogP contribution in [-0.2, 0) is 0 Å². The molecule has 3 N–H and O–H groups in total. The van der Waals surface area contributed by atoms with Crippen LogP contribution >= 0.6 is 0 Å². The van der Waals surface area contributed by atoms with Crippen LogP contribution in [0.25, 0.3) is 0 Å². The summed E-state index contributed by atoms with van der Waals surface area (Å²) in [7, 11) is 0. The second-order valence-electron chi connectivity index (χ2n) is 1.42. The van der Waals surface area contributed by atoms with Crippen LogP contribution in [0.3, 0.4) is 0 Å². The fraction of sp³-hybridized carbons (Fsp3) is 1.00. The van der Waals surface area contributed by atoms with Gasteiger partial charge in [-0.15, -0.1) is 0 Å².